The van der Waals surface area contributed by atoms with Gasteiger partial charge in [-0.1, -0.05) is 54.6 Å². The molecule has 1 aromatic carbocycles. The van der Waals surface area contributed by atoms with Crippen LogP contribution >= 0.6 is 23.5 Å². The Morgan fingerprint density at radius 1 is 1.35 bits per heavy atom. The molecular formula is C19H24N2O3S2. The van der Waals surface area contributed by atoms with E-state index < -0.39 is 12.1 Å². The zero-order valence-corrected chi connectivity index (χ0v) is 16.5. The molecule has 1 amide bonds. The summed E-state index contributed by atoms with van der Waals surface area (Å²) in [7, 11) is 0. The van der Waals surface area contributed by atoms with E-state index in [-0.39, 0.29) is 11.9 Å². The normalized spacial score (nSPS) is 18.4. The number of thioether (sulfide) groups is 2. The predicted molar refractivity (Wildman–Crippen MR) is 108 cm³/mol. The molecule has 1 N–H and O–H groups in total. The van der Waals surface area contributed by atoms with Gasteiger partial charge in [0, 0.05) is 17.5 Å². The first-order valence-electron chi connectivity index (χ1n) is 9.03. The third-order valence-corrected chi connectivity index (χ3v) is 6.80. The number of amides is 1. The van der Waals surface area contributed by atoms with Gasteiger partial charge in [-0.05, 0) is 31.4 Å². The minimum Gasteiger partial charge on any atom is -0.449 e. The van der Waals surface area contributed by atoms with Crippen LogP contribution in [0, 0.1) is 0 Å². The molecule has 0 unspecified atom stereocenters. The predicted octanol–water partition coefficient (Wildman–Crippen LogP) is 3.63. The maximum absolute atomic E-state index is 12.6. The summed E-state index contributed by atoms with van der Waals surface area (Å²) in [5.41, 5.74) is 1.42. The van der Waals surface area contributed by atoms with Crippen molar-refractivity contribution in [3.8, 4) is 0 Å². The summed E-state index contributed by atoms with van der Waals surface area (Å²) < 4.78 is 6.49. The minimum absolute atomic E-state index is 0.214. The summed E-state index contributed by atoms with van der Waals surface area (Å²) in [6.07, 6.45) is 3.52. The second-order valence-corrected chi connectivity index (χ2v) is 8.79. The van der Waals surface area contributed by atoms with Gasteiger partial charge in [-0.15, -0.1) is 0 Å². The van der Waals surface area contributed by atoms with Crippen LogP contribution in [0.25, 0.3) is 0 Å². The molecule has 1 aliphatic heterocycles. The SMILES string of the molecule is C[C@@H](OC(=O)c1ccccc1CSC1=NCCS1)C(=O)NC1CCCC1. The summed E-state index contributed by atoms with van der Waals surface area (Å²) in [6.45, 7) is 2.49. The minimum atomic E-state index is -0.793. The summed E-state index contributed by atoms with van der Waals surface area (Å²) in [4.78, 5) is 29.2. The number of carbonyl (C=O) groups is 2. The third-order valence-electron chi connectivity index (χ3n) is 4.50. The largest absolute Gasteiger partial charge is 0.449 e. The second-order valence-electron chi connectivity index (χ2n) is 6.48. The number of benzene rings is 1. The van der Waals surface area contributed by atoms with Crippen LogP contribution in [0.5, 0.6) is 0 Å². The topological polar surface area (TPSA) is 67.8 Å². The molecule has 5 nitrogen and oxygen atoms in total. The van der Waals surface area contributed by atoms with Crippen LogP contribution in [-0.4, -0.2) is 40.7 Å². The molecular weight excluding hydrogens is 368 g/mol. The van der Waals surface area contributed by atoms with Crippen molar-refractivity contribution in [3.63, 3.8) is 0 Å². The van der Waals surface area contributed by atoms with Gasteiger partial charge >= 0.3 is 5.97 Å². The number of carbonyl (C=O) groups excluding carboxylic acids is 2. The first kappa shape index (κ1) is 19.3. The molecule has 3 rings (SSSR count). The smallest absolute Gasteiger partial charge is 0.339 e. The highest BCUT2D eigenvalue weighted by atomic mass is 32.2. The maximum Gasteiger partial charge on any atom is 0.339 e. The Morgan fingerprint density at radius 2 is 2.12 bits per heavy atom. The van der Waals surface area contributed by atoms with Crippen molar-refractivity contribution in [2.45, 2.75) is 50.5 Å². The molecule has 2 aliphatic rings. The number of aliphatic imine (C=N–C) groups is 1. The number of nitrogens with zero attached hydrogens (tertiary/aromatic N) is 1. The highest BCUT2D eigenvalue weighted by Gasteiger charge is 2.24. The van der Waals surface area contributed by atoms with E-state index in [1.807, 2.05) is 18.2 Å². The highest BCUT2D eigenvalue weighted by molar-refractivity contribution is 8.38. The third kappa shape index (κ3) is 5.27. The van der Waals surface area contributed by atoms with Crippen LogP contribution in [-0.2, 0) is 15.3 Å². The molecule has 0 spiro atoms. The Labute approximate surface area is 162 Å². The van der Waals surface area contributed by atoms with E-state index in [4.69, 9.17) is 4.74 Å². The summed E-state index contributed by atoms with van der Waals surface area (Å²) >= 11 is 3.39. The average Bonchev–Trinajstić information content (AvgIpc) is 3.34. The highest BCUT2D eigenvalue weighted by Crippen LogP contribution is 2.27. The van der Waals surface area contributed by atoms with Crippen molar-refractivity contribution >= 4 is 39.8 Å². The van der Waals surface area contributed by atoms with Crippen molar-refractivity contribution in [3.05, 3.63) is 35.4 Å². The number of nitrogens with one attached hydrogen (secondary N) is 1. The molecule has 0 aromatic heterocycles. The Morgan fingerprint density at radius 3 is 2.85 bits per heavy atom. The Hall–Kier alpha value is -1.47. The molecule has 1 heterocycles. The summed E-state index contributed by atoms with van der Waals surface area (Å²) in [5.74, 6) is 1.03. The molecule has 1 saturated carbocycles. The second kappa shape index (κ2) is 9.46. The van der Waals surface area contributed by atoms with Gasteiger partial charge in [0.1, 0.15) is 4.38 Å². The van der Waals surface area contributed by atoms with Crippen molar-refractivity contribution in [2.75, 3.05) is 12.3 Å². The van der Waals surface area contributed by atoms with E-state index in [1.165, 1.54) is 0 Å². The first-order valence-corrected chi connectivity index (χ1v) is 11.0. The zero-order chi connectivity index (χ0) is 18.4. The molecule has 1 fully saturated rings. The van der Waals surface area contributed by atoms with Gasteiger partial charge in [-0.3, -0.25) is 9.79 Å². The van der Waals surface area contributed by atoms with Crippen molar-refractivity contribution < 1.29 is 14.3 Å². The monoisotopic (exact) mass is 392 g/mol. The lowest BCUT2D eigenvalue weighted by atomic mass is 10.1. The van der Waals surface area contributed by atoms with Crippen molar-refractivity contribution in [2.24, 2.45) is 4.99 Å². The van der Waals surface area contributed by atoms with Crippen LogP contribution in [0.3, 0.4) is 0 Å². The molecule has 7 heteroatoms. The van der Waals surface area contributed by atoms with E-state index >= 15 is 0 Å². The van der Waals surface area contributed by atoms with Gasteiger partial charge in [0.15, 0.2) is 6.10 Å². The van der Waals surface area contributed by atoms with Gasteiger partial charge in [-0.2, -0.15) is 0 Å². The lowest BCUT2D eigenvalue weighted by molar-refractivity contribution is -0.129. The van der Waals surface area contributed by atoms with Crippen molar-refractivity contribution in [1.29, 1.82) is 0 Å². The first-order chi connectivity index (χ1) is 12.6. The van der Waals surface area contributed by atoms with Crippen LogP contribution in [0.2, 0.25) is 0 Å². The molecule has 0 radical (unpaired) electrons. The van der Waals surface area contributed by atoms with Gasteiger partial charge in [0.25, 0.3) is 5.91 Å². The van der Waals surface area contributed by atoms with Crippen LogP contribution in [0.4, 0.5) is 0 Å². The lowest BCUT2D eigenvalue weighted by Gasteiger charge is -2.18. The number of ether oxygens (including phenoxy) is 1. The average molecular weight is 393 g/mol. The zero-order valence-electron chi connectivity index (χ0n) is 14.9. The fraction of sp³-hybridized carbons (Fsp3) is 0.526. The molecule has 26 heavy (non-hydrogen) atoms. The number of hydrogen-bond donors (Lipinski definition) is 1. The van der Waals surface area contributed by atoms with Crippen LogP contribution < -0.4 is 5.32 Å². The van der Waals surface area contributed by atoms with Gasteiger partial charge in [0.05, 0.1) is 12.1 Å². The molecule has 1 aliphatic carbocycles. The van der Waals surface area contributed by atoms with E-state index in [9.17, 15) is 9.59 Å². The fourth-order valence-corrected chi connectivity index (χ4v) is 5.07. The van der Waals surface area contributed by atoms with Crippen LogP contribution in [0.15, 0.2) is 29.3 Å². The lowest BCUT2D eigenvalue weighted by Crippen LogP contribution is -2.40. The van der Waals surface area contributed by atoms with E-state index in [1.54, 1.807) is 36.5 Å². The summed E-state index contributed by atoms with van der Waals surface area (Å²) in [5, 5.41) is 2.97. The number of hydrogen-bond acceptors (Lipinski definition) is 6. The Bertz CT molecular complexity index is 687. The molecule has 1 atom stereocenters. The molecule has 140 valence electrons. The maximum atomic E-state index is 12.6. The molecule has 0 bridgehead atoms. The number of rotatable bonds is 6. The van der Waals surface area contributed by atoms with Crippen LogP contribution in [0.1, 0.15) is 48.5 Å². The molecule has 1 aromatic rings. The molecule has 0 saturated heterocycles. The standard InChI is InChI=1S/C19H24N2O3S2/c1-13(17(22)21-15-7-3-4-8-15)24-18(23)16-9-5-2-6-14(16)12-26-19-20-10-11-25-19/h2,5-6,9,13,15H,3-4,7-8,10-12H2,1H3,(H,21,22)/t13-/m1/s1. The quantitative estimate of drug-likeness (QED) is 0.749. The van der Waals surface area contributed by atoms with Crippen molar-refractivity contribution in [1.82, 2.24) is 5.32 Å². The van der Waals surface area contributed by atoms with E-state index in [0.29, 0.717) is 11.3 Å². The van der Waals surface area contributed by atoms with Gasteiger partial charge in [-0.25, -0.2) is 4.79 Å². The number of esters is 1. The summed E-state index contributed by atoms with van der Waals surface area (Å²) in [6, 6.07) is 7.62. The van der Waals surface area contributed by atoms with Gasteiger partial charge < -0.3 is 10.1 Å². The Kier molecular flexibility index (Phi) is 7.02. The fourth-order valence-electron chi connectivity index (χ4n) is 3.05. The van der Waals surface area contributed by atoms with Gasteiger partial charge in [0.2, 0.25) is 0 Å². The van der Waals surface area contributed by atoms with E-state index in [0.717, 1.165) is 47.9 Å². The Balaban J connectivity index is 1.57. The van der Waals surface area contributed by atoms with E-state index in [2.05, 4.69) is 10.3 Å².